The molecule has 2 aliphatic rings. The summed E-state index contributed by atoms with van der Waals surface area (Å²) in [6, 6.07) is 12.4. The molecule has 2 aromatic rings. The van der Waals surface area contributed by atoms with Crippen LogP contribution in [0.25, 0.3) is 0 Å². The summed E-state index contributed by atoms with van der Waals surface area (Å²) in [6.07, 6.45) is 5.58. The molecule has 0 fully saturated rings. The minimum atomic E-state index is -0.573. The fourth-order valence-electron chi connectivity index (χ4n) is 4.81. The summed E-state index contributed by atoms with van der Waals surface area (Å²) in [5, 5.41) is 9.69. The number of Topliss-reactive ketones (excluding diaryl/α,β-unsaturated/α-hetero) is 1. The lowest BCUT2D eigenvalue weighted by atomic mass is 9.54. The molecule has 4 heteroatoms. The number of benzene rings is 1. The number of hydrogen-bond acceptors (Lipinski definition) is 4. The van der Waals surface area contributed by atoms with Crippen LogP contribution >= 0.6 is 0 Å². The van der Waals surface area contributed by atoms with E-state index in [1.54, 1.807) is 0 Å². The molecule has 142 valence electrons. The Morgan fingerprint density at radius 3 is 2.57 bits per heavy atom. The molecule has 0 saturated heterocycles. The lowest BCUT2D eigenvalue weighted by molar-refractivity contribution is -0.121. The van der Waals surface area contributed by atoms with Crippen LogP contribution in [0.4, 0.5) is 0 Å². The van der Waals surface area contributed by atoms with E-state index < -0.39 is 5.41 Å². The number of nitrogens with zero attached hydrogens (tertiary/aromatic N) is 3. The summed E-state index contributed by atoms with van der Waals surface area (Å²) < 4.78 is 0. The average Bonchev–Trinajstić information content (AvgIpc) is 2.70. The first-order valence-corrected chi connectivity index (χ1v) is 9.88. The molecule has 0 spiro atoms. The summed E-state index contributed by atoms with van der Waals surface area (Å²) >= 11 is 0. The van der Waals surface area contributed by atoms with Crippen molar-refractivity contribution in [2.24, 2.45) is 11.8 Å². The van der Waals surface area contributed by atoms with E-state index in [-0.39, 0.29) is 28.6 Å². The van der Waals surface area contributed by atoms with E-state index in [9.17, 15) is 10.1 Å². The van der Waals surface area contributed by atoms with Crippen LogP contribution in [0.3, 0.4) is 0 Å². The molecule has 3 atom stereocenters. The van der Waals surface area contributed by atoms with Crippen molar-refractivity contribution in [3.63, 3.8) is 0 Å². The summed E-state index contributed by atoms with van der Waals surface area (Å²) in [4.78, 5) is 22.5. The highest BCUT2D eigenvalue weighted by Gasteiger charge is 2.53. The fourth-order valence-corrected chi connectivity index (χ4v) is 4.81. The molecule has 0 saturated carbocycles. The van der Waals surface area contributed by atoms with Crippen molar-refractivity contribution in [1.29, 1.82) is 5.26 Å². The number of allylic oxidation sites excluding steroid dienone is 2. The zero-order valence-corrected chi connectivity index (χ0v) is 16.9. The van der Waals surface area contributed by atoms with Gasteiger partial charge in [0.1, 0.15) is 11.9 Å². The third-order valence-electron chi connectivity index (χ3n) is 6.26. The van der Waals surface area contributed by atoms with E-state index in [0.29, 0.717) is 0 Å². The number of nitriles is 1. The maximum atomic E-state index is 12.8. The van der Waals surface area contributed by atoms with Gasteiger partial charge in [0.05, 0.1) is 16.7 Å². The summed E-state index contributed by atoms with van der Waals surface area (Å²) in [7, 11) is 0. The van der Waals surface area contributed by atoms with Gasteiger partial charge in [0.2, 0.25) is 0 Å². The van der Waals surface area contributed by atoms with Crippen LogP contribution in [0.1, 0.15) is 56.8 Å². The van der Waals surface area contributed by atoms with Crippen LogP contribution in [0.15, 0.2) is 48.2 Å². The Morgan fingerprint density at radius 2 is 1.93 bits per heavy atom. The summed E-state index contributed by atoms with van der Waals surface area (Å²) in [5.74, 6) is 0.599. The third kappa shape index (κ3) is 2.61. The Bertz CT molecular complexity index is 1010. The summed E-state index contributed by atoms with van der Waals surface area (Å²) in [5.41, 5.74) is 2.65. The molecule has 4 rings (SSSR count). The smallest absolute Gasteiger partial charge is 0.176 e. The van der Waals surface area contributed by atoms with Crippen LogP contribution in [-0.4, -0.2) is 15.8 Å². The summed E-state index contributed by atoms with van der Waals surface area (Å²) in [6.45, 7) is 8.28. The molecular formula is C24H25N3O. The zero-order valence-electron chi connectivity index (χ0n) is 16.9. The normalized spacial score (nSPS) is 26.7. The lowest BCUT2D eigenvalue weighted by Gasteiger charge is -2.48. The third-order valence-corrected chi connectivity index (χ3v) is 6.26. The van der Waals surface area contributed by atoms with E-state index >= 15 is 0 Å². The van der Waals surface area contributed by atoms with Crippen molar-refractivity contribution in [3.8, 4) is 6.07 Å². The molecule has 4 nitrogen and oxygen atoms in total. The molecule has 0 unspecified atom stereocenters. The second-order valence-corrected chi connectivity index (χ2v) is 9.02. The Kier molecular flexibility index (Phi) is 4.23. The standard InChI is InChI=1S/C24H25N3O/c1-15-19-11-10-16-14-26-22(23(2,3)4)27-21(16)24(19,12-17(13-25)20(15)28)18-8-6-5-7-9-18/h5-9,12,14-15,19H,10-11H2,1-4H3/t15-,19-,24+/m0/s1. The first-order valence-electron chi connectivity index (χ1n) is 9.88. The van der Waals surface area contributed by atoms with Gasteiger partial charge in [-0.3, -0.25) is 4.79 Å². The molecule has 0 N–H and O–H groups in total. The Hall–Kier alpha value is -2.80. The second-order valence-electron chi connectivity index (χ2n) is 9.02. The molecule has 2 aliphatic carbocycles. The van der Waals surface area contributed by atoms with E-state index in [4.69, 9.17) is 4.98 Å². The van der Waals surface area contributed by atoms with E-state index in [1.807, 2.05) is 37.4 Å². The van der Waals surface area contributed by atoms with Crippen molar-refractivity contribution in [3.05, 3.63) is 70.8 Å². The number of aromatic nitrogens is 2. The van der Waals surface area contributed by atoms with Crippen LogP contribution in [0.2, 0.25) is 0 Å². The van der Waals surface area contributed by atoms with Crippen LogP contribution in [0, 0.1) is 23.2 Å². The van der Waals surface area contributed by atoms with Gasteiger partial charge in [-0.2, -0.15) is 5.26 Å². The van der Waals surface area contributed by atoms with Crippen molar-refractivity contribution in [2.75, 3.05) is 0 Å². The maximum Gasteiger partial charge on any atom is 0.176 e. The Morgan fingerprint density at radius 1 is 1.21 bits per heavy atom. The second kappa shape index (κ2) is 6.38. The molecule has 1 aromatic carbocycles. The van der Waals surface area contributed by atoms with Crippen LogP contribution in [-0.2, 0) is 22.0 Å². The average molecular weight is 371 g/mol. The largest absolute Gasteiger partial charge is 0.293 e. The molecule has 28 heavy (non-hydrogen) atoms. The van der Waals surface area contributed by atoms with Crippen LogP contribution < -0.4 is 0 Å². The number of rotatable bonds is 1. The minimum Gasteiger partial charge on any atom is -0.293 e. The zero-order chi connectivity index (χ0) is 20.1. The molecule has 1 heterocycles. The minimum absolute atomic E-state index is 0.0485. The van der Waals surface area contributed by atoms with Gasteiger partial charge >= 0.3 is 0 Å². The molecule has 0 bridgehead atoms. The van der Waals surface area contributed by atoms with Crippen LogP contribution in [0.5, 0.6) is 0 Å². The maximum absolute atomic E-state index is 12.8. The van der Waals surface area contributed by atoms with Gasteiger partial charge < -0.3 is 0 Å². The van der Waals surface area contributed by atoms with Crippen molar-refractivity contribution in [1.82, 2.24) is 9.97 Å². The SMILES string of the molecule is C[C@@H]1C(=O)C(C#N)=C[C@]2(c3ccccc3)c3nc(C(C)(C)C)ncc3CC[C@@H]12. The molecular weight excluding hydrogens is 346 g/mol. The molecule has 0 radical (unpaired) electrons. The first-order chi connectivity index (χ1) is 13.3. The van der Waals surface area contributed by atoms with Gasteiger partial charge in [0.15, 0.2) is 5.78 Å². The highest BCUT2D eigenvalue weighted by Crippen LogP contribution is 2.53. The number of carbonyl (C=O) groups excluding carboxylic acids is 1. The van der Waals surface area contributed by atoms with Gasteiger partial charge in [-0.15, -0.1) is 0 Å². The van der Waals surface area contributed by atoms with E-state index in [0.717, 1.165) is 35.5 Å². The monoisotopic (exact) mass is 371 g/mol. The van der Waals surface area contributed by atoms with Crippen molar-refractivity contribution < 1.29 is 4.79 Å². The molecule has 0 amide bonds. The number of fused-ring (bicyclic) bond motifs is 3. The van der Waals surface area contributed by atoms with Gasteiger partial charge in [0.25, 0.3) is 0 Å². The highest BCUT2D eigenvalue weighted by molar-refractivity contribution is 6.02. The molecule has 0 aliphatic heterocycles. The van der Waals surface area contributed by atoms with Gasteiger partial charge in [-0.1, -0.05) is 58.0 Å². The number of hydrogen-bond donors (Lipinski definition) is 0. The first kappa shape index (κ1) is 18.6. The molecule has 1 aromatic heterocycles. The highest BCUT2D eigenvalue weighted by atomic mass is 16.1. The van der Waals surface area contributed by atoms with Crippen molar-refractivity contribution in [2.45, 2.75) is 51.4 Å². The van der Waals surface area contributed by atoms with Gasteiger partial charge in [-0.25, -0.2) is 9.97 Å². The number of carbonyl (C=O) groups is 1. The number of ketones is 1. The quantitative estimate of drug-likeness (QED) is 0.750. The predicted octanol–water partition coefficient (Wildman–Crippen LogP) is 4.29. The van der Waals surface area contributed by atoms with Gasteiger partial charge in [0, 0.05) is 17.5 Å². The Balaban J connectivity index is 2.09. The fraction of sp³-hybridized carbons (Fsp3) is 0.417. The van der Waals surface area contributed by atoms with Crippen molar-refractivity contribution >= 4 is 5.78 Å². The predicted molar refractivity (Wildman–Crippen MR) is 108 cm³/mol. The van der Waals surface area contributed by atoms with E-state index in [1.165, 1.54) is 0 Å². The Labute approximate surface area is 166 Å². The number of aryl methyl sites for hydroxylation is 1. The lowest BCUT2D eigenvalue weighted by Crippen LogP contribution is -2.48. The van der Waals surface area contributed by atoms with Gasteiger partial charge in [-0.05, 0) is 36.0 Å². The topological polar surface area (TPSA) is 66.6 Å². The van der Waals surface area contributed by atoms with E-state index in [2.05, 4.69) is 44.0 Å².